The van der Waals surface area contributed by atoms with E-state index in [1.54, 1.807) is 24.8 Å². The van der Waals surface area contributed by atoms with Gasteiger partial charge in [-0.2, -0.15) is 0 Å². The van der Waals surface area contributed by atoms with Crippen LogP contribution in [0, 0.1) is 0 Å². The van der Waals surface area contributed by atoms with Gasteiger partial charge in [-0.05, 0) is 65.4 Å². The van der Waals surface area contributed by atoms with Crippen molar-refractivity contribution in [3.8, 4) is 11.1 Å². The molecule has 6 nitrogen and oxygen atoms in total. The van der Waals surface area contributed by atoms with Crippen LogP contribution in [0.3, 0.4) is 0 Å². The number of nitrogens with zero attached hydrogens (tertiary/aromatic N) is 5. The van der Waals surface area contributed by atoms with Crippen molar-refractivity contribution < 1.29 is 0 Å². The van der Waals surface area contributed by atoms with E-state index in [2.05, 4.69) is 98.5 Å². The summed E-state index contributed by atoms with van der Waals surface area (Å²) in [6.45, 7) is 2.15. The normalized spacial score (nSPS) is 11.7. The predicted molar refractivity (Wildman–Crippen MR) is 140 cm³/mol. The van der Waals surface area contributed by atoms with Crippen LogP contribution in [-0.2, 0) is 12.6 Å². The molecule has 0 saturated carbocycles. The molecule has 4 heterocycles. The maximum atomic E-state index is 4.68. The first-order chi connectivity index (χ1) is 17.1. The van der Waals surface area contributed by atoms with Crippen molar-refractivity contribution in [2.45, 2.75) is 12.5 Å². The average molecular weight is 457 g/mol. The SMILES string of the molecule is Cn1ccc2ccc(-c3cc(NC(C)(c4cccnc4)c4cccnc4)cc4nccnc34)cc21. The highest BCUT2D eigenvalue weighted by Crippen LogP contribution is 2.37. The second-order valence-electron chi connectivity index (χ2n) is 8.88. The van der Waals surface area contributed by atoms with E-state index in [4.69, 9.17) is 0 Å². The number of hydrogen-bond donors (Lipinski definition) is 1. The lowest BCUT2D eigenvalue weighted by Gasteiger charge is -2.33. The van der Waals surface area contributed by atoms with Crippen molar-refractivity contribution in [2.24, 2.45) is 7.05 Å². The van der Waals surface area contributed by atoms with Crippen molar-refractivity contribution in [3.63, 3.8) is 0 Å². The molecule has 6 aromatic rings. The van der Waals surface area contributed by atoms with Crippen molar-refractivity contribution in [3.05, 3.63) is 115 Å². The minimum absolute atomic E-state index is 0.558. The first-order valence-corrected chi connectivity index (χ1v) is 11.5. The molecule has 2 aromatic carbocycles. The highest BCUT2D eigenvalue weighted by molar-refractivity contribution is 5.97. The molecule has 0 atom stereocenters. The Morgan fingerprint density at radius 1 is 0.800 bits per heavy atom. The monoisotopic (exact) mass is 456 g/mol. The molecular weight excluding hydrogens is 432 g/mol. The molecular formula is C29H24N6. The fourth-order valence-electron chi connectivity index (χ4n) is 4.71. The summed E-state index contributed by atoms with van der Waals surface area (Å²) in [4.78, 5) is 18.1. The average Bonchev–Trinajstić information content (AvgIpc) is 3.29. The van der Waals surface area contributed by atoms with Crippen LogP contribution in [0.4, 0.5) is 5.69 Å². The lowest BCUT2D eigenvalue weighted by Crippen LogP contribution is -2.33. The highest BCUT2D eigenvalue weighted by Gasteiger charge is 2.30. The summed E-state index contributed by atoms with van der Waals surface area (Å²) in [6.07, 6.45) is 12.9. The molecule has 0 amide bonds. The van der Waals surface area contributed by atoms with Crippen LogP contribution in [0.5, 0.6) is 0 Å². The number of aryl methyl sites for hydroxylation is 1. The van der Waals surface area contributed by atoms with Gasteiger partial charge in [0, 0.05) is 67.2 Å². The molecule has 0 aliphatic carbocycles. The molecule has 0 aliphatic rings. The minimum atomic E-state index is -0.558. The molecule has 1 N–H and O–H groups in total. The standard InChI is InChI=1S/C29H24N6/c1-29(22-5-3-10-30-18-22,23-6-4-11-31-19-23)34-24-16-25(28-26(17-24)32-12-13-33-28)21-8-7-20-9-14-35(2)27(20)15-21/h3-19,34H,1-2H3. The number of aromatic nitrogens is 5. The summed E-state index contributed by atoms with van der Waals surface area (Å²) in [5, 5.41) is 4.99. The Morgan fingerprint density at radius 2 is 1.54 bits per heavy atom. The Labute approximate surface area is 203 Å². The van der Waals surface area contributed by atoms with Gasteiger partial charge in [0.05, 0.1) is 16.6 Å². The van der Waals surface area contributed by atoms with E-state index in [1.807, 2.05) is 24.5 Å². The van der Waals surface area contributed by atoms with Gasteiger partial charge in [-0.25, -0.2) is 0 Å². The number of hydrogen-bond acceptors (Lipinski definition) is 5. The van der Waals surface area contributed by atoms with Crippen LogP contribution in [0.2, 0.25) is 0 Å². The molecule has 0 saturated heterocycles. The summed E-state index contributed by atoms with van der Waals surface area (Å²) in [7, 11) is 2.06. The van der Waals surface area contributed by atoms with Gasteiger partial charge in [0.1, 0.15) is 0 Å². The van der Waals surface area contributed by atoms with Gasteiger partial charge in [-0.1, -0.05) is 24.3 Å². The Morgan fingerprint density at radius 3 is 2.26 bits per heavy atom. The second-order valence-corrected chi connectivity index (χ2v) is 8.88. The van der Waals surface area contributed by atoms with E-state index in [1.165, 1.54) is 10.9 Å². The molecule has 0 radical (unpaired) electrons. The summed E-state index contributed by atoms with van der Waals surface area (Å²) in [5.74, 6) is 0. The third-order valence-electron chi connectivity index (χ3n) is 6.64. The molecule has 0 unspecified atom stereocenters. The fourth-order valence-corrected chi connectivity index (χ4v) is 4.71. The van der Waals surface area contributed by atoms with Crippen LogP contribution in [-0.4, -0.2) is 24.5 Å². The number of benzene rings is 2. The first-order valence-electron chi connectivity index (χ1n) is 11.5. The van der Waals surface area contributed by atoms with E-state index in [0.717, 1.165) is 39.0 Å². The van der Waals surface area contributed by atoms with E-state index in [9.17, 15) is 0 Å². The Bertz CT molecular complexity index is 1600. The number of pyridine rings is 2. The van der Waals surface area contributed by atoms with Crippen LogP contribution in [0.1, 0.15) is 18.1 Å². The third-order valence-corrected chi connectivity index (χ3v) is 6.64. The van der Waals surface area contributed by atoms with Gasteiger partial charge in [0.15, 0.2) is 0 Å². The van der Waals surface area contributed by atoms with Crippen LogP contribution in [0.25, 0.3) is 33.1 Å². The Balaban J connectivity index is 1.53. The third kappa shape index (κ3) is 3.69. The van der Waals surface area contributed by atoms with Gasteiger partial charge < -0.3 is 9.88 Å². The van der Waals surface area contributed by atoms with Crippen LogP contribution < -0.4 is 5.32 Å². The summed E-state index contributed by atoms with van der Waals surface area (Å²) >= 11 is 0. The second kappa shape index (κ2) is 8.33. The van der Waals surface area contributed by atoms with Crippen LogP contribution >= 0.6 is 0 Å². The van der Waals surface area contributed by atoms with Gasteiger partial charge in [0.2, 0.25) is 0 Å². The van der Waals surface area contributed by atoms with Crippen molar-refractivity contribution in [1.82, 2.24) is 24.5 Å². The van der Waals surface area contributed by atoms with E-state index in [0.29, 0.717) is 0 Å². The molecule has 0 spiro atoms. The van der Waals surface area contributed by atoms with E-state index >= 15 is 0 Å². The van der Waals surface area contributed by atoms with Gasteiger partial charge >= 0.3 is 0 Å². The number of anilines is 1. The lowest BCUT2D eigenvalue weighted by molar-refractivity contribution is 0.653. The maximum Gasteiger partial charge on any atom is 0.0966 e. The molecule has 6 heteroatoms. The zero-order chi connectivity index (χ0) is 23.8. The zero-order valence-corrected chi connectivity index (χ0v) is 19.6. The number of nitrogens with one attached hydrogen (secondary N) is 1. The molecule has 0 fully saturated rings. The molecule has 0 bridgehead atoms. The quantitative estimate of drug-likeness (QED) is 0.347. The number of rotatable bonds is 5. The zero-order valence-electron chi connectivity index (χ0n) is 19.6. The van der Waals surface area contributed by atoms with Gasteiger partial charge in [0.25, 0.3) is 0 Å². The van der Waals surface area contributed by atoms with Crippen molar-refractivity contribution >= 4 is 27.6 Å². The van der Waals surface area contributed by atoms with Gasteiger partial charge in [-0.3, -0.25) is 19.9 Å². The molecule has 0 aliphatic heterocycles. The molecule has 35 heavy (non-hydrogen) atoms. The summed E-state index contributed by atoms with van der Waals surface area (Å²) in [6, 6.07) is 20.9. The van der Waals surface area contributed by atoms with Gasteiger partial charge in [-0.15, -0.1) is 0 Å². The Kier molecular flexibility index (Phi) is 4.99. The first kappa shape index (κ1) is 21.0. The highest BCUT2D eigenvalue weighted by atomic mass is 15.0. The van der Waals surface area contributed by atoms with Crippen molar-refractivity contribution in [2.75, 3.05) is 5.32 Å². The molecule has 4 aromatic heterocycles. The lowest BCUT2D eigenvalue weighted by atomic mass is 9.86. The number of fused-ring (bicyclic) bond motifs is 2. The summed E-state index contributed by atoms with van der Waals surface area (Å²) < 4.78 is 2.14. The molecule has 6 rings (SSSR count). The van der Waals surface area contributed by atoms with E-state index < -0.39 is 5.54 Å². The predicted octanol–water partition coefficient (Wildman–Crippen LogP) is 5.95. The van der Waals surface area contributed by atoms with Crippen molar-refractivity contribution in [1.29, 1.82) is 0 Å². The maximum absolute atomic E-state index is 4.68. The topological polar surface area (TPSA) is 68.5 Å². The smallest absolute Gasteiger partial charge is 0.0966 e. The minimum Gasteiger partial charge on any atom is -0.372 e. The Hall–Kier alpha value is -4.58. The van der Waals surface area contributed by atoms with Crippen LogP contribution in [0.15, 0.2) is 104 Å². The van der Waals surface area contributed by atoms with E-state index in [-0.39, 0.29) is 0 Å². The molecule has 170 valence electrons. The summed E-state index contributed by atoms with van der Waals surface area (Å²) in [5.41, 5.74) is 7.47. The largest absolute Gasteiger partial charge is 0.372 e. The fraction of sp³-hybridized carbons (Fsp3) is 0.103.